The molecule has 138 valence electrons. The van der Waals surface area contributed by atoms with E-state index in [1.807, 2.05) is 42.5 Å². The Morgan fingerprint density at radius 3 is 1.88 bits per heavy atom. The molecule has 0 atom stereocenters. The summed E-state index contributed by atoms with van der Waals surface area (Å²) in [7, 11) is 0. The van der Waals surface area contributed by atoms with Crippen LogP contribution in [0.5, 0.6) is 5.75 Å². The quantitative estimate of drug-likeness (QED) is 0.509. The smallest absolute Gasteiger partial charge is 0.323 e. The number of rotatable bonds is 9. The first kappa shape index (κ1) is 19.5. The minimum atomic E-state index is -1.08. The third kappa shape index (κ3) is 5.92. The summed E-state index contributed by atoms with van der Waals surface area (Å²) in [6, 6.07) is 17.7. The molecule has 0 unspecified atom stereocenters. The lowest BCUT2D eigenvalue weighted by molar-refractivity contribution is -0.162. The molecule has 0 amide bonds. The van der Waals surface area contributed by atoms with Gasteiger partial charge in [-0.3, -0.25) is 9.59 Å². The Kier molecular flexibility index (Phi) is 7.68. The number of carbonyl (C=O) groups excluding carboxylic acids is 2. The predicted octanol–water partition coefficient (Wildman–Crippen LogP) is 3.40. The molecule has 0 aliphatic heterocycles. The lowest BCUT2D eigenvalue weighted by Crippen LogP contribution is -2.33. The maximum Gasteiger partial charge on any atom is 0.323 e. The van der Waals surface area contributed by atoms with Gasteiger partial charge in [0.05, 0.1) is 13.2 Å². The summed E-state index contributed by atoms with van der Waals surface area (Å²) < 4.78 is 15.5. The first-order chi connectivity index (χ1) is 12.6. The number of benzene rings is 2. The molecular weight excluding hydrogens is 332 g/mol. The van der Waals surface area contributed by atoms with Crippen LogP contribution in [0.2, 0.25) is 0 Å². The van der Waals surface area contributed by atoms with Crippen molar-refractivity contribution in [3.63, 3.8) is 0 Å². The van der Waals surface area contributed by atoms with Crippen LogP contribution in [0.1, 0.15) is 25.0 Å². The summed E-state index contributed by atoms with van der Waals surface area (Å²) in [4.78, 5) is 23.9. The summed E-state index contributed by atoms with van der Waals surface area (Å²) >= 11 is 0. The van der Waals surface area contributed by atoms with Crippen molar-refractivity contribution in [1.29, 1.82) is 0 Å². The highest BCUT2D eigenvalue weighted by molar-refractivity contribution is 5.95. The molecule has 0 aromatic heterocycles. The molecule has 0 spiro atoms. The highest BCUT2D eigenvalue weighted by atomic mass is 16.6. The van der Waals surface area contributed by atoms with Gasteiger partial charge in [-0.1, -0.05) is 42.5 Å². The van der Waals surface area contributed by atoms with E-state index in [0.717, 1.165) is 12.0 Å². The van der Waals surface area contributed by atoms with Gasteiger partial charge in [0, 0.05) is 0 Å². The molecule has 0 aliphatic carbocycles. The molecule has 26 heavy (non-hydrogen) atoms. The van der Waals surface area contributed by atoms with E-state index >= 15 is 0 Å². The Balaban J connectivity index is 1.95. The van der Waals surface area contributed by atoms with Gasteiger partial charge in [0.15, 0.2) is 5.92 Å². The average molecular weight is 356 g/mol. The standard InChI is InChI=1S/C21H24O5/c1-3-24-20(22)19(21(23)25-4-2)15-26-18-12-10-17(11-13-18)14-16-8-6-5-7-9-16/h5-13,19H,3-4,14-15H2,1-2H3. The molecule has 0 fully saturated rings. The third-order valence-electron chi connectivity index (χ3n) is 3.73. The largest absolute Gasteiger partial charge is 0.492 e. The molecular formula is C21H24O5. The van der Waals surface area contributed by atoms with Crippen LogP contribution < -0.4 is 4.74 Å². The van der Waals surface area contributed by atoms with Crippen LogP contribution in [0.15, 0.2) is 54.6 Å². The Labute approximate surface area is 153 Å². The Morgan fingerprint density at radius 1 is 0.808 bits per heavy atom. The second kappa shape index (κ2) is 10.2. The van der Waals surface area contributed by atoms with Gasteiger partial charge in [0.25, 0.3) is 0 Å². The molecule has 0 aliphatic rings. The van der Waals surface area contributed by atoms with Crippen LogP contribution in [0.4, 0.5) is 0 Å². The van der Waals surface area contributed by atoms with Gasteiger partial charge in [-0.15, -0.1) is 0 Å². The second-order valence-corrected chi connectivity index (χ2v) is 5.67. The van der Waals surface area contributed by atoms with E-state index in [1.165, 1.54) is 5.56 Å². The molecule has 2 rings (SSSR count). The van der Waals surface area contributed by atoms with Crippen molar-refractivity contribution in [2.24, 2.45) is 5.92 Å². The van der Waals surface area contributed by atoms with Crippen LogP contribution in [0, 0.1) is 5.92 Å². The van der Waals surface area contributed by atoms with Crippen molar-refractivity contribution in [1.82, 2.24) is 0 Å². The maximum atomic E-state index is 11.9. The highest BCUT2D eigenvalue weighted by Gasteiger charge is 2.30. The molecule has 5 heteroatoms. The minimum Gasteiger partial charge on any atom is -0.492 e. The Hall–Kier alpha value is -2.82. The van der Waals surface area contributed by atoms with Crippen LogP contribution in [-0.2, 0) is 25.5 Å². The van der Waals surface area contributed by atoms with Crippen molar-refractivity contribution in [3.8, 4) is 5.75 Å². The fourth-order valence-corrected chi connectivity index (χ4v) is 2.43. The molecule has 2 aromatic rings. The van der Waals surface area contributed by atoms with Crippen LogP contribution in [0.25, 0.3) is 0 Å². The summed E-state index contributed by atoms with van der Waals surface area (Å²) in [5.74, 6) is -1.77. The van der Waals surface area contributed by atoms with Gasteiger partial charge in [-0.2, -0.15) is 0 Å². The van der Waals surface area contributed by atoms with E-state index in [4.69, 9.17) is 14.2 Å². The fourth-order valence-electron chi connectivity index (χ4n) is 2.43. The molecule has 0 saturated heterocycles. The number of esters is 2. The zero-order valence-corrected chi connectivity index (χ0v) is 15.1. The average Bonchev–Trinajstić information content (AvgIpc) is 2.64. The van der Waals surface area contributed by atoms with E-state index in [1.54, 1.807) is 13.8 Å². The van der Waals surface area contributed by atoms with Crippen molar-refractivity contribution in [2.75, 3.05) is 19.8 Å². The molecule has 0 heterocycles. The first-order valence-electron chi connectivity index (χ1n) is 8.73. The van der Waals surface area contributed by atoms with Gasteiger partial charge >= 0.3 is 11.9 Å². The normalized spacial score (nSPS) is 10.4. The molecule has 2 aromatic carbocycles. The first-order valence-corrected chi connectivity index (χ1v) is 8.73. The lowest BCUT2D eigenvalue weighted by atomic mass is 10.1. The van der Waals surface area contributed by atoms with E-state index in [-0.39, 0.29) is 19.8 Å². The van der Waals surface area contributed by atoms with E-state index in [2.05, 4.69) is 12.1 Å². The monoisotopic (exact) mass is 356 g/mol. The zero-order valence-electron chi connectivity index (χ0n) is 15.1. The SMILES string of the molecule is CCOC(=O)C(COc1ccc(Cc2ccccc2)cc1)C(=O)OCC. The minimum absolute atomic E-state index is 0.115. The summed E-state index contributed by atoms with van der Waals surface area (Å²) in [5, 5.41) is 0. The van der Waals surface area contributed by atoms with Crippen molar-refractivity contribution in [2.45, 2.75) is 20.3 Å². The number of carbonyl (C=O) groups is 2. The molecule has 0 saturated carbocycles. The molecule has 0 N–H and O–H groups in total. The molecule has 0 bridgehead atoms. The lowest BCUT2D eigenvalue weighted by Gasteiger charge is -2.15. The van der Waals surface area contributed by atoms with Crippen molar-refractivity contribution < 1.29 is 23.8 Å². The molecule has 5 nitrogen and oxygen atoms in total. The van der Waals surface area contributed by atoms with E-state index in [9.17, 15) is 9.59 Å². The summed E-state index contributed by atoms with van der Waals surface area (Å²) in [6.07, 6.45) is 0.829. The third-order valence-corrected chi connectivity index (χ3v) is 3.73. The van der Waals surface area contributed by atoms with Crippen LogP contribution in [-0.4, -0.2) is 31.8 Å². The van der Waals surface area contributed by atoms with Gasteiger partial charge < -0.3 is 14.2 Å². The topological polar surface area (TPSA) is 61.8 Å². The van der Waals surface area contributed by atoms with E-state index < -0.39 is 17.9 Å². The van der Waals surface area contributed by atoms with Gasteiger partial charge in [0.1, 0.15) is 12.4 Å². The highest BCUT2D eigenvalue weighted by Crippen LogP contribution is 2.17. The fraction of sp³-hybridized carbons (Fsp3) is 0.333. The summed E-state index contributed by atoms with van der Waals surface area (Å²) in [6.45, 7) is 3.65. The molecule has 0 radical (unpaired) electrons. The second-order valence-electron chi connectivity index (χ2n) is 5.67. The predicted molar refractivity (Wildman–Crippen MR) is 97.9 cm³/mol. The summed E-state index contributed by atoms with van der Waals surface area (Å²) in [5.41, 5.74) is 2.38. The van der Waals surface area contributed by atoms with Gasteiger partial charge in [-0.05, 0) is 43.5 Å². The van der Waals surface area contributed by atoms with Gasteiger partial charge in [-0.25, -0.2) is 0 Å². The number of hydrogen-bond donors (Lipinski definition) is 0. The number of ether oxygens (including phenoxy) is 3. The van der Waals surface area contributed by atoms with Gasteiger partial charge in [0.2, 0.25) is 0 Å². The van der Waals surface area contributed by atoms with Crippen molar-refractivity contribution >= 4 is 11.9 Å². The van der Waals surface area contributed by atoms with Crippen molar-refractivity contribution in [3.05, 3.63) is 65.7 Å². The van der Waals surface area contributed by atoms with E-state index in [0.29, 0.717) is 5.75 Å². The van der Waals surface area contributed by atoms with Crippen LogP contribution >= 0.6 is 0 Å². The Morgan fingerprint density at radius 2 is 1.35 bits per heavy atom. The maximum absolute atomic E-state index is 11.9. The van der Waals surface area contributed by atoms with Crippen LogP contribution in [0.3, 0.4) is 0 Å². The zero-order chi connectivity index (χ0) is 18.8. The Bertz CT molecular complexity index is 676. The number of hydrogen-bond acceptors (Lipinski definition) is 5.